The molecule has 2 nitrogen and oxygen atoms in total. The molecule has 0 saturated heterocycles. The van der Waals surface area contributed by atoms with E-state index < -0.39 is 0 Å². The Labute approximate surface area is 165 Å². The summed E-state index contributed by atoms with van der Waals surface area (Å²) in [6.07, 6.45) is 3.78. The van der Waals surface area contributed by atoms with E-state index in [4.69, 9.17) is 9.47 Å². The van der Waals surface area contributed by atoms with E-state index in [0.29, 0.717) is 5.76 Å². The number of rotatable bonds is 2. The topological polar surface area (TPSA) is 18.5 Å². The summed E-state index contributed by atoms with van der Waals surface area (Å²) in [7, 11) is 0. The van der Waals surface area contributed by atoms with Crippen molar-refractivity contribution in [2.75, 3.05) is 0 Å². The smallest absolute Gasteiger partial charge is 0.260 e. The van der Waals surface area contributed by atoms with Crippen LogP contribution in [0.25, 0.3) is 11.1 Å². The molecule has 0 aromatic heterocycles. The minimum absolute atomic E-state index is 0.0122. The van der Waals surface area contributed by atoms with Crippen LogP contribution in [-0.4, -0.2) is 6.71 Å². The predicted octanol–water partition coefficient (Wildman–Crippen LogP) is 4.93. The van der Waals surface area contributed by atoms with Gasteiger partial charge < -0.3 is 9.47 Å². The number of hydrogen-bond donors (Lipinski definition) is 0. The summed E-state index contributed by atoms with van der Waals surface area (Å²) in [6.45, 7) is 10.2. The summed E-state index contributed by atoms with van der Waals surface area (Å²) in [4.78, 5) is 0. The molecule has 0 bridgehead atoms. The van der Waals surface area contributed by atoms with Crippen LogP contribution in [0.15, 0.2) is 97.2 Å². The van der Waals surface area contributed by atoms with Gasteiger partial charge in [0.05, 0.1) is 0 Å². The summed E-state index contributed by atoms with van der Waals surface area (Å²) in [5, 5.41) is 0. The Morgan fingerprint density at radius 3 is 2.46 bits per heavy atom. The summed E-state index contributed by atoms with van der Waals surface area (Å²) in [6, 6.07) is 20.8. The number of benzene rings is 3. The number of allylic oxidation sites excluding steroid dienone is 3. The quantitative estimate of drug-likeness (QED) is 0.602. The lowest BCUT2D eigenvalue weighted by molar-refractivity contribution is 0.433. The normalized spacial score (nSPS) is 15.4. The maximum Gasteiger partial charge on any atom is 0.260 e. The van der Waals surface area contributed by atoms with Gasteiger partial charge in [0.1, 0.15) is 23.0 Å². The molecule has 0 aliphatic carbocycles. The maximum atomic E-state index is 6.24. The summed E-state index contributed by atoms with van der Waals surface area (Å²) >= 11 is 0. The van der Waals surface area contributed by atoms with Crippen LogP contribution in [0.1, 0.15) is 5.56 Å². The van der Waals surface area contributed by atoms with Crippen LogP contribution in [0.2, 0.25) is 0 Å². The zero-order valence-corrected chi connectivity index (χ0v) is 15.7. The van der Waals surface area contributed by atoms with Crippen LogP contribution in [0.4, 0.5) is 0 Å². The second kappa shape index (κ2) is 6.31. The van der Waals surface area contributed by atoms with Gasteiger partial charge in [0.2, 0.25) is 0 Å². The first-order valence-electron chi connectivity index (χ1n) is 9.38. The Balaban J connectivity index is 1.76. The first-order chi connectivity index (χ1) is 13.7. The molecule has 0 atom stereocenters. The third-order valence-electron chi connectivity index (χ3n) is 5.48. The van der Waals surface area contributed by atoms with Gasteiger partial charge in [0, 0.05) is 5.46 Å². The number of ether oxygens (including phenoxy) is 2. The highest BCUT2D eigenvalue weighted by atomic mass is 16.5. The fourth-order valence-corrected chi connectivity index (χ4v) is 4.18. The van der Waals surface area contributed by atoms with E-state index in [1.54, 1.807) is 6.08 Å². The molecule has 0 N–H and O–H groups in total. The van der Waals surface area contributed by atoms with Gasteiger partial charge in [0.15, 0.2) is 0 Å². The molecule has 0 saturated carbocycles. The van der Waals surface area contributed by atoms with Gasteiger partial charge in [-0.2, -0.15) is 0 Å². The van der Waals surface area contributed by atoms with Gasteiger partial charge in [0.25, 0.3) is 6.71 Å². The average Bonchev–Trinajstić information content (AvgIpc) is 2.70. The van der Waals surface area contributed by atoms with Crippen molar-refractivity contribution < 1.29 is 9.47 Å². The monoisotopic (exact) mass is 362 g/mol. The Morgan fingerprint density at radius 2 is 1.68 bits per heavy atom. The molecule has 0 amide bonds. The van der Waals surface area contributed by atoms with Crippen LogP contribution < -0.4 is 20.4 Å². The van der Waals surface area contributed by atoms with Crippen molar-refractivity contribution in [3.05, 3.63) is 103 Å². The molecule has 5 rings (SSSR count). The lowest BCUT2D eigenvalue weighted by Gasteiger charge is -2.34. The maximum absolute atomic E-state index is 6.24. The van der Waals surface area contributed by atoms with Crippen LogP contribution in [-0.2, 0) is 0 Å². The molecular formula is C25H19BO2. The van der Waals surface area contributed by atoms with Gasteiger partial charge in [-0.25, -0.2) is 0 Å². The third-order valence-corrected chi connectivity index (χ3v) is 5.48. The number of fused-ring (bicyclic) bond motifs is 2. The molecule has 0 fully saturated rings. The van der Waals surface area contributed by atoms with Crippen LogP contribution in [0.5, 0.6) is 17.2 Å². The standard InChI is InChI=1S/C25H19BO2/c1-4-8-20-17(3)27-23-11-7-12-24-25(23)26(20)21-15-18(13-14-22(21)28-24)19-10-6-5-9-16(19)2/h4-15H,1,3H2,2H3/b20-8+. The molecule has 134 valence electrons. The van der Waals surface area contributed by atoms with Crippen molar-refractivity contribution in [3.8, 4) is 28.4 Å². The average molecular weight is 362 g/mol. The van der Waals surface area contributed by atoms with E-state index in [0.717, 1.165) is 33.6 Å². The highest BCUT2D eigenvalue weighted by molar-refractivity contribution is 6.94. The van der Waals surface area contributed by atoms with Gasteiger partial charge in [-0.1, -0.05) is 67.8 Å². The molecule has 3 aromatic rings. The molecule has 2 aliphatic heterocycles. The van der Waals surface area contributed by atoms with Gasteiger partial charge in [-0.15, -0.1) is 0 Å². The van der Waals surface area contributed by atoms with E-state index >= 15 is 0 Å². The first-order valence-corrected chi connectivity index (χ1v) is 9.38. The number of aryl methyl sites for hydroxylation is 1. The Bertz CT molecular complexity index is 1170. The van der Waals surface area contributed by atoms with Crippen molar-refractivity contribution in [2.24, 2.45) is 0 Å². The van der Waals surface area contributed by atoms with Crippen LogP contribution in [0, 0.1) is 6.92 Å². The first kappa shape index (κ1) is 16.7. The fraction of sp³-hybridized carbons (Fsp3) is 0.0400. The molecule has 0 radical (unpaired) electrons. The van der Waals surface area contributed by atoms with Gasteiger partial charge in [-0.05, 0) is 52.7 Å². The van der Waals surface area contributed by atoms with Crippen molar-refractivity contribution in [2.45, 2.75) is 6.92 Å². The second-order valence-electron chi connectivity index (χ2n) is 7.15. The lowest BCUT2D eigenvalue weighted by Crippen LogP contribution is -2.51. The molecule has 0 spiro atoms. The minimum Gasteiger partial charge on any atom is -0.459 e. The molecule has 3 heteroatoms. The zero-order chi connectivity index (χ0) is 19.3. The van der Waals surface area contributed by atoms with E-state index in [2.05, 4.69) is 62.5 Å². The SMILES string of the molecule is C=C/C=C1/B2c3cc(-c4ccccc4C)ccc3Oc3cccc(c32)OC1=C. The Hall–Kier alpha value is -3.46. The third kappa shape index (κ3) is 2.44. The molecular weight excluding hydrogens is 343 g/mol. The van der Waals surface area contributed by atoms with E-state index in [9.17, 15) is 0 Å². The van der Waals surface area contributed by atoms with E-state index in [-0.39, 0.29) is 6.71 Å². The Kier molecular flexibility index (Phi) is 3.76. The highest BCUT2D eigenvalue weighted by Gasteiger charge is 2.41. The second-order valence-corrected chi connectivity index (χ2v) is 7.15. The fourth-order valence-electron chi connectivity index (χ4n) is 4.18. The molecule has 2 heterocycles. The van der Waals surface area contributed by atoms with Crippen molar-refractivity contribution >= 4 is 17.6 Å². The van der Waals surface area contributed by atoms with Gasteiger partial charge in [-0.3, -0.25) is 0 Å². The largest absolute Gasteiger partial charge is 0.459 e. The van der Waals surface area contributed by atoms with Crippen LogP contribution >= 0.6 is 0 Å². The van der Waals surface area contributed by atoms with Crippen molar-refractivity contribution in [1.29, 1.82) is 0 Å². The van der Waals surface area contributed by atoms with E-state index in [1.807, 2.05) is 24.3 Å². The molecule has 3 aromatic carbocycles. The summed E-state index contributed by atoms with van der Waals surface area (Å²) in [5.41, 5.74) is 6.84. The zero-order valence-electron chi connectivity index (χ0n) is 15.7. The number of hydrogen-bond acceptors (Lipinski definition) is 2. The highest BCUT2D eigenvalue weighted by Crippen LogP contribution is 2.37. The predicted molar refractivity (Wildman–Crippen MR) is 116 cm³/mol. The van der Waals surface area contributed by atoms with Gasteiger partial charge >= 0.3 is 0 Å². The molecule has 0 unspecified atom stereocenters. The van der Waals surface area contributed by atoms with Crippen molar-refractivity contribution in [3.63, 3.8) is 0 Å². The van der Waals surface area contributed by atoms with Crippen molar-refractivity contribution in [1.82, 2.24) is 0 Å². The molecule has 28 heavy (non-hydrogen) atoms. The van der Waals surface area contributed by atoms with Crippen LogP contribution in [0.3, 0.4) is 0 Å². The summed E-state index contributed by atoms with van der Waals surface area (Å²) in [5.74, 6) is 3.17. The van der Waals surface area contributed by atoms with E-state index in [1.165, 1.54) is 16.7 Å². The molecule has 2 aliphatic rings. The Morgan fingerprint density at radius 1 is 0.893 bits per heavy atom. The summed E-state index contributed by atoms with van der Waals surface area (Å²) < 4.78 is 12.2. The lowest BCUT2D eigenvalue weighted by atomic mass is 9.34. The minimum atomic E-state index is 0.0122.